The number of ether oxygens (including phenoxy) is 1. The maximum atomic E-state index is 10.9. The molecule has 0 aliphatic heterocycles. The summed E-state index contributed by atoms with van der Waals surface area (Å²) in [5, 5.41) is 10.9. The van der Waals surface area contributed by atoms with Gasteiger partial charge in [0.25, 0.3) is 0 Å². The van der Waals surface area contributed by atoms with Gasteiger partial charge in [0.15, 0.2) is 0 Å². The van der Waals surface area contributed by atoms with Gasteiger partial charge in [0.05, 0.1) is 11.7 Å². The largest absolute Gasteiger partial charge is 0.393 e. The molecule has 2 unspecified atom stereocenters. The molecule has 5 fully saturated rings. The van der Waals surface area contributed by atoms with E-state index in [1.807, 2.05) is 7.11 Å². The second-order valence-corrected chi connectivity index (χ2v) is 15.0. The molecule has 1 N–H and O–H groups in total. The molecule has 2 spiro atoms. The number of rotatable bonds is 5. The molecular formula is C31H52O2. The summed E-state index contributed by atoms with van der Waals surface area (Å²) in [5.41, 5.74) is 2.07. The van der Waals surface area contributed by atoms with Crippen molar-refractivity contribution in [1.82, 2.24) is 0 Å². The quantitative estimate of drug-likeness (QED) is 0.428. The van der Waals surface area contributed by atoms with Gasteiger partial charge in [-0.15, -0.1) is 0 Å². The molecule has 9 atom stereocenters. The first-order valence-electron chi connectivity index (χ1n) is 14.2. The molecule has 5 saturated carbocycles. The minimum Gasteiger partial charge on any atom is -0.393 e. The molecule has 5 aliphatic carbocycles. The fraction of sp³-hybridized carbons (Fsp3) is 0.935. The first-order valence-corrected chi connectivity index (χ1v) is 14.2. The smallest absolute Gasteiger partial charge is 0.0802 e. The number of allylic oxidation sites excluding steroid dienone is 1. The van der Waals surface area contributed by atoms with Crippen molar-refractivity contribution in [2.75, 3.05) is 7.11 Å². The van der Waals surface area contributed by atoms with E-state index >= 15 is 0 Å². The van der Waals surface area contributed by atoms with Crippen LogP contribution in [0, 0.1) is 50.7 Å². The summed E-state index contributed by atoms with van der Waals surface area (Å²) in [4.78, 5) is 0. The Morgan fingerprint density at radius 3 is 2.27 bits per heavy atom. The molecule has 5 aliphatic rings. The standard InChI is InChI=1S/C31H52O2/c1-21(10-9-15-26(2,3)33-8)22-13-16-29(7)24-12-11-23-27(4,5)25(32)14-17-30(23)20-31(24,30)19-18-28(22,29)6/h9,15,21-25,32H,10-14,16-20H2,1-8H3/b15-9+/t21-,22-,23?,24?,25+,28-,29+,30-,31+/m1/s1. The van der Waals surface area contributed by atoms with Gasteiger partial charge in [-0.3, -0.25) is 0 Å². The maximum Gasteiger partial charge on any atom is 0.0802 e. The lowest BCUT2D eigenvalue weighted by atomic mass is 9.42. The lowest BCUT2D eigenvalue weighted by Crippen LogP contribution is -2.57. The normalized spacial score (nSPS) is 51.4. The van der Waals surface area contributed by atoms with Crippen molar-refractivity contribution in [3.8, 4) is 0 Å². The van der Waals surface area contributed by atoms with E-state index in [1.54, 1.807) is 0 Å². The Hall–Kier alpha value is -0.340. The van der Waals surface area contributed by atoms with Crippen molar-refractivity contribution in [1.29, 1.82) is 0 Å². The molecule has 0 aromatic rings. The molecule has 5 rings (SSSR count). The van der Waals surface area contributed by atoms with Crippen LogP contribution in [-0.2, 0) is 4.74 Å². The zero-order chi connectivity index (χ0) is 24.1. The van der Waals surface area contributed by atoms with Crippen molar-refractivity contribution < 1.29 is 9.84 Å². The molecule has 33 heavy (non-hydrogen) atoms. The van der Waals surface area contributed by atoms with Gasteiger partial charge in [0.2, 0.25) is 0 Å². The summed E-state index contributed by atoms with van der Waals surface area (Å²) in [6.07, 6.45) is 18.1. The fourth-order valence-corrected chi connectivity index (χ4v) is 11.1. The minimum absolute atomic E-state index is 0.0976. The molecular weight excluding hydrogens is 404 g/mol. The van der Waals surface area contributed by atoms with Crippen LogP contribution < -0.4 is 0 Å². The lowest BCUT2D eigenvalue weighted by molar-refractivity contribution is -0.161. The molecule has 0 aromatic heterocycles. The summed E-state index contributed by atoms with van der Waals surface area (Å²) in [7, 11) is 1.81. The van der Waals surface area contributed by atoms with Crippen LogP contribution in [-0.4, -0.2) is 23.9 Å². The molecule has 2 heteroatoms. The van der Waals surface area contributed by atoms with E-state index in [0.29, 0.717) is 21.7 Å². The van der Waals surface area contributed by atoms with Crippen molar-refractivity contribution in [3.05, 3.63) is 12.2 Å². The predicted molar refractivity (Wildman–Crippen MR) is 137 cm³/mol. The third-order valence-corrected chi connectivity index (χ3v) is 13.4. The number of aliphatic hydroxyl groups is 1. The zero-order valence-electron chi connectivity index (χ0n) is 23.0. The van der Waals surface area contributed by atoms with Gasteiger partial charge in [0.1, 0.15) is 0 Å². The Bertz CT molecular complexity index is 812. The molecule has 0 aromatic carbocycles. The van der Waals surface area contributed by atoms with E-state index in [4.69, 9.17) is 4.74 Å². The van der Waals surface area contributed by atoms with Gasteiger partial charge in [-0.05, 0) is 129 Å². The van der Waals surface area contributed by atoms with Gasteiger partial charge < -0.3 is 9.84 Å². The van der Waals surface area contributed by atoms with E-state index in [9.17, 15) is 5.11 Å². The van der Waals surface area contributed by atoms with Crippen LogP contribution in [0.2, 0.25) is 0 Å². The summed E-state index contributed by atoms with van der Waals surface area (Å²) >= 11 is 0. The highest BCUT2D eigenvalue weighted by atomic mass is 16.5. The van der Waals surface area contributed by atoms with Crippen LogP contribution in [0.3, 0.4) is 0 Å². The average Bonchev–Trinajstić information content (AvgIpc) is 3.33. The number of aliphatic hydroxyl groups excluding tert-OH is 1. The van der Waals surface area contributed by atoms with Crippen LogP contribution in [0.15, 0.2) is 12.2 Å². The molecule has 0 radical (unpaired) electrons. The first-order chi connectivity index (χ1) is 15.3. The minimum atomic E-state index is -0.161. The summed E-state index contributed by atoms with van der Waals surface area (Å²) in [5.74, 6) is 3.23. The molecule has 0 bridgehead atoms. The van der Waals surface area contributed by atoms with Gasteiger partial charge in [-0.1, -0.05) is 46.8 Å². The summed E-state index contributed by atoms with van der Waals surface area (Å²) in [6.45, 7) is 17.0. The number of methoxy groups -OCH3 is 1. The van der Waals surface area contributed by atoms with E-state index in [0.717, 1.165) is 30.1 Å². The molecule has 0 saturated heterocycles. The monoisotopic (exact) mass is 456 g/mol. The third-order valence-electron chi connectivity index (χ3n) is 13.4. The Labute approximate surface area is 204 Å². The first kappa shape index (κ1) is 24.4. The van der Waals surface area contributed by atoms with E-state index in [-0.39, 0.29) is 17.1 Å². The van der Waals surface area contributed by atoms with Crippen LogP contribution in [0.5, 0.6) is 0 Å². The summed E-state index contributed by atoms with van der Waals surface area (Å²) in [6, 6.07) is 0. The fourth-order valence-electron chi connectivity index (χ4n) is 11.1. The van der Waals surface area contributed by atoms with Crippen LogP contribution in [0.4, 0.5) is 0 Å². The second kappa shape index (κ2) is 7.34. The van der Waals surface area contributed by atoms with Gasteiger partial charge in [-0.25, -0.2) is 0 Å². The number of hydrogen-bond acceptors (Lipinski definition) is 2. The van der Waals surface area contributed by atoms with Crippen molar-refractivity contribution in [2.24, 2.45) is 50.7 Å². The predicted octanol–water partition coefficient (Wildman–Crippen LogP) is 7.79. The van der Waals surface area contributed by atoms with Gasteiger partial charge >= 0.3 is 0 Å². The van der Waals surface area contributed by atoms with Crippen molar-refractivity contribution >= 4 is 0 Å². The SMILES string of the molecule is COC(C)(C)/C=C/C[C@@H](C)[C@H]1CC[C@@]2(C)C3CCC4C(C)(C)[C@@H](O)CC[C@@]45C[C@@]35CC[C@]12C. The third kappa shape index (κ3) is 3.04. The molecule has 188 valence electrons. The topological polar surface area (TPSA) is 29.5 Å². The Morgan fingerprint density at radius 1 is 0.909 bits per heavy atom. The average molecular weight is 457 g/mol. The van der Waals surface area contributed by atoms with Crippen LogP contribution in [0.1, 0.15) is 113 Å². The number of fused-ring (bicyclic) bond motifs is 2. The Balaban J connectivity index is 1.38. The van der Waals surface area contributed by atoms with Crippen LogP contribution >= 0.6 is 0 Å². The maximum absolute atomic E-state index is 10.9. The Morgan fingerprint density at radius 2 is 1.58 bits per heavy atom. The van der Waals surface area contributed by atoms with Gasteiger partial charge in [-0.2, -0.15) is 0 Å². The zero-order valence-corrected chi connectivity index (χ0v) is 23.0. The second-order valence-electron chi connectivity index (χ2n) is 15.0. The highest BCUT2D eigenvalue weighted by molar-refractivity contribution is 5.30. The highest BCUT2D eigenvalue weighted by Gasteiger charge is 2.82. The highest BCUT2D eigenvalue weighted by Crippen LogP contribution is 2.89. The van der Waals surface area contributed by atoms with E-state index < -0.39 is 0 Å². The lowest BCUT2D eigenvalue weighted by Gasteiger charge is -2.63. The van der Waals surface area contributed by atoms with Crippen LogP contribution in [0.25, 0.3) is 0 Å². The molecule has 0 heterocycles. The summed E-state index contributed by atoms with van der Waals surface area (Å²) < 4.78 is 5.60. The number of hydrogen-bond donors (Lipinski definition) is 1. The van der Waals surface area contributed by atoms with E-state index in [1.165, 1.54) is 57.8 Å². The molecule has 2 nitrogen and oxygen atoms in total. The van der Waals surface area contributed by atoms with Gasteiger partial charge in [0, 0.05) is 7.11 Å². The Kier molecular flexibility index (Phi) is 5.42. The van der Waals surface area contributed by atoms with E-state index in [2.05, 4.69) is 60.6 Å². The van der Waals surface area contributed by atoms with Crippen molar-refractivity contribution in [3.63, 3.8) is 0 Å². The molecule has 0 amide bonds. The van der Waals surface area contributed by atoms with Crippen molar-refractivity contribution in [2.45, 2.75) is 124 Å².